The number of pyridine rings is 1. The van der Waals surface area contributed by atoms with Gasteiger partial charge in [0.2, 0.25) is 5.91 Å². The monoisotopic (exact) mass is 465 g/mol. The number of anilines is 1. The van der Waals surface area contributed by atoms with Crippen LogP contribution in [0.3, 0.4) is 0 Å². The molecule has 0 fully saturated rings. The fourth-order valence-corrected chi connectivity index (χ4v) is 4.66. The second-order valence-corrected chi connectivity index (χ2v) is 15.1. The second kappa shape index (κ2) is 8.99. The van der Waals surface area contributed by atoms with E-state index in [-0.39, 0.29) is 5.91 Å². The molecule has 0 atom stereocenters. The summed E-state index contributed by atoms with van der Waals surface area (Å²) in [7, 11) is 2.54. The van der Waals surface area contributed by atoms with Crippen LogP contribution >= 0.6 is 0 Å². The molecule has 33 heavy (non-hydrogen) atoms. The number of hydrogen-bond acceptors (Lipinski definition) is 5. The third kappa shape index (κ3) is 4.79. The highest BCUT2D eigenvalue weighted by Crippen LogP contribution is 2.38. The molecule has 0 saturated carbocycles. The van der Waals surface area contributed by atoms with Crippen LogP contribution in [0.15, 0.2) is 36.8 Å². The summed E-state index contributed by atoms with van der Waals surface area (Å²) in [5, 5.41) is 3.72. The summed E-state index contributed by atoms with van der Waals surface area (Å²) in [4.78, 5) is 20.4. The van der Waals surface area contributed by atoms with Crippen molar-refractivity contribution in [2.45, 2.75) is 39.3 Å². The first-order chi connectivity index (χ1) is 15.7. The van der Waals surface area contributed by atoms with E-state index in [1.165, 1.54) is 6.92 Å². The minimum Gasteiger partial charge on any atom is -0.494 e. The highest BCUT2D eigenvalue weighted by Gasteiger charge is 2.18. The van der Waals surface area contributed by atoms with Gasteiger partial charge >= 0.3 is 0 Å². The van der Waals surface area contributed by atoms with Gasteiger partial charge in [-0.2, -0.15) is 0 Å². The predicted octanol–water partition coefficient (Wildman–Crippen LogP) is 4.87. The van der Waals surface area contributed by atoms with Crippen LogP contribution in [0.2, 0.25) is 25.7 Å². The van der Waals surface area contributed by atoms with E-state index in [2.05, 4.69) is 57.7 Å². The van der Waals surface area contributed by atoms with E-state index in [4.69, 9.17) is 9.47 Å². The second-order valence-electron chi connectivity index (χ2n) is 9.47. The first kappa shape index (κ1) is 23.0. The van der Waals surface area contributed by atoms with Crippen molar-refractivity contribution in [3.63, 3.8) is 0 Å². The molecule has 0 aliphatic carbocycles. The maximum atomic E-state index is 11.4. The molecule has 0 aliphatic rings. The van der Waals surface area contributed by atoms with Gasteiger partial charge in [-0.1, -0.05) is 19.6 Å². The zero-order valence-corrected chi connectivity index (χ0v) is 21.1. The highest BCUT2D eigenvalue weighted by atomic mass is 28.3. The molecule has 8 nitrogen and oxygen atoms in total. The van der Waals surface area contributed by atoms with E-state index in [1.807, 2.05) is 17.7 Å². The molecular weight excluding hydrogens is 434 g/mol. The Morgan fingerprint density at radius 1 is 1.15 bits per heavy atom. The lowest BCUT2D eigenvalue weighted by Gasteiger charge is -2.15. The lowest BCUT2D eigenvalue weighted by molar-refractivity contribution is -0.114. The van der Waals surface area contributed by atoms with Crippen molar-refractivity contribution in [3.05, 3.63) is 36.8 Å². The Hall–Kier alpha value is -3.17. The molecule has 0 radical (unpaired) electrons. The lowest BCUT2D eigenvalue weighted by Crippen LogP contribution is -2.21. The van der Waals surface area contributed by atoms with E-state index in [1.54, 1.807) is 19.6 Å². The summed E-state index contributed by atoms with van der Waals surface area (Å²) in [6.07, 6.45) is 3.57. The molecule has 4 rings (SSSR count). The van der Waals surface area contributed by atoms with E-state index in [0.29, 0.717) is 18.3 Å². The van der Waals surface area contributed by atoms with Crippen LogP contribution in [0, 0.1) is 0 Å². The van der Waals surface area contributed by atoms with Crippen molar-refractivity contribution in [2.75, 3.05) is 19.0 Å². The fourth-order valence-electron chi connectivity index (χ4n) is 3.90. The van der Waals surface area contributed by atoms with Gasteiger partial charge in [-0.3, -0.25) is 4.79 Å². The Morgan fingerprint density at radius 2 is 1.94 bits per heavy atom. The van der Waals surface area contributed by atoms with Gasteiger partial charge in [0.1, 0.15) is 18.1 Å². The Kier molecular flexibility index (Phi) is 6.27. The maximum absolute atomic E-state index is 11.4. The van der Waals surface area contributed by atoms with Gasteiger partial charge in [-0.05, 0) is 30.3 Å². The Labute approximate surface area is 194 Å². The van der Waals surface area contributed by atoms with E-state index >= 15 is 0 Å². The number of ether oxygens (including phenoxy) is 2. The number of hydrogen-bond donors (Lipinski definition) is 1. The average molecular weight is 466 g/mol. The van der Waals surface area contributed by atoms with Crippen LogP contribution in [0.25, 0.3) is 33.2 Å². The molecule has 0 spiro atoms. The van der Waals surface area contributed by atoms with Crippen LogP contribution < -0.4 is 10.1 Å². The van der Waals surface area contributed by atoms with E-state index in [9.17, 15) is 4.79 Å². The zero-order chi connectivity index (χ0) is 23.8. The Balaban J connectivity index is 1.68. The SMILES string of the molecule is COc1c(-c2cc3cc(NC(C)=O)ncc3n2C)ccc2c1ncn2COCC[Si](C)(C)C. The summed E-state index contributed by atoms with van der Waals surface area (Å²) in [5.74, 6) is 1.10. The predicted molar refractivity (Wildman–Crippen MR) is 134 cm³/mol. The van der Waals surface area contributed by atoms with Crippen molar-refractivity contribution in [2.24, 2.45) is 7.05 Å². The fraction of sp³-hybridized carbons (Fsp3) is 0.375. The van der Waals surface area contributed by atoms with Gasteiger partial charge < -0.3 is 23.9 Å². The molecule has 3 aromatic heterocycles. The van der Waals surface area contributed by atoms with Crippen LogP contribution in [-0.4, -0.2) is 46.8 Å². The standard InChI is InChI=1S/C24H31N5O3Si/c1-16(30)27-22-12-17-11-20(28(2)21(17)13-25-22)18-7-8-19-23(24(18)31-3)26-14-29(19)15-32-9-10-33(4,5)6/h7-8,11-14H,9-10,15H2,1-6H3,(H,25,27,30). The lowest BCUT2D eigenvalue weighted by atomic mass is 10.1. The molecular formula is C24H31N5O3Si. The van der Waals surface area contributed by atoms with Crippen molar-refractivity contribution in [1.82, 2.24) is 19.1 Å². The van der Waals surface area contributed by atoms with E-state index < -0.39 is 8.07 Å². The maximum Gasteiger partial charge on any atom is 0.222 e. The zero-order valence-electron chi connectivity index (χ0n) is 20.1. The van der Waals surface area contributed by atoms with Gasteiger partial charge in [0, 0.05) is 39.6 Å². The summed E-state index contributed by atoms with van der Waals surface area (Å²) in [6.45, 7) is 9.74. The summed E-state index contributed by atoms with van der Waals surface area (Å²) >= 11 is 0. The molecule has 0 unspecified atom stereocenters. The Bertz CT molecular complexity index is 1320. The van der Waals surface area contributed by atoms with Crippen molar-refractivity contribution in [3.8, 4) is 17.0 Å². The smallest absolute Gasteiger partial charge is 0.222 e. The number of benzene rings is 1. The third-order valence-corrected chi connectivity index (χ3v) is 7.39. The molecule has 1 N–H and O–H groups in total. The van der Waals surface area contributed by atoms with Gasteiger partial charge in [-0.25, -0.2) is 9.97 Å². The average Bonchev–Trinajstić information content (AvgIpc) is 3.30. The van der Waals surface area contributed by atoms with Crippen LogP contribution in [0.4, 0.5) is 5.82 Å². The number of fused-ring (bicyclic) bond motifs is 2. The van der Waals surface area contributed by atoms with Crippen molar-refractivity contribution >= 4 is 41.7 Å². The number of rotatable bonds is 8. The quantitative estimate of drug-likeness (QED) is 0.296. The molecule has 1 amide bonds. The van der Waals surface area contributed by atoms with Crippen molar-refractivity contribution in [1.29, 1.82) is 0 Å². The van der Waals surface area contributed by atoms with Gasteiger partial charge in [0.15, 0.2) is 5.75 Å². The number of methoxy groups -OCH3 is 1. The number of imidazole rings is 1. The number of aromatic nitrogens is 4. The first-order valence-corrected chi connectivity index (χ1v) is 14.7. The number of nitrogens with one attached hydrogen (secondary N) is 1. The third-order valence-electron chi connectivity index (χ3n) is 5.69. The van der Waals surface area contributed by atoms with Crippen LogP contribution in [0.1, 0.15) is 6.92 Å². The van der Waals surface area contributed by atoms with Crippen LogP contribution in [-0.2, 0) is 23.3 Å². The summed E-state index contributed by atoms with van der Waals surface area (Å²) < 4.78 is 15.8. The number of nitrogens with zero attached hydrogens (tertiary/aromatic N) is 4. The van der Waals surface area contributed by atoms with Crippen LogP contribution in [0.5, 0.6) is 5.75 Å². The number of carbonyl (C=O) groups is 1. The van der Waals surface area contributed by atoms with Gasteiger partial charge in [-0.15, -0.1) is 0 Å². The number of carbonyl (C=O) groups excluding carboxylic acids is 1. The topological polar surface area (TPSA) is 83.2 Å². The molecule has 1 aromatic carbocycles. The largest absolute Gasteiger partial charge is 0.494 e. The number of amides is 1. The summed E-state index contributed by atoms with van der Waals surface area (Å²) in [5.41, 5.74) is 4.65. The first-order valence-electron chi connectivity index (χ1n) is 11.0. The van der Waals surface area contributed by atoms with Gasteiger partial charge in [0.05, 0.1) is 36.4 Å². The Morgan fingerprint density at radius 3 is 2.64 bits per heavy atom. The normalized spacial score (nSPS) is 11.9. The van der Waals surface area contributed by atoms with Crippen molar-refractivity contribution < 1.29 is 14.3 Å². The molecule has 3 heterocycles. The summed E-state index contributed by atoms with van der Waals surface area (Å²) in [6, 6.07) is 9.19. The molecule has 0 saturated heterocycles. The molecule has 4 aromatic rings. The molecule has 9 heteroatoms. The highest BCUT2D eigenvalue weighted by molar-refractivity contribution is 6.76. The van der Waals surface area contributed by atoms with Gasteiger partial charge in [0.25, 0.3) is 0 Å². The molecule has 0 aliphatic heterocycles. The minimum atomic E-state index is -1.12. The molecule has 0 bridgehead atoms. The molecule has 174 valence electrons. The number of aryl methyl sites for hydroxylation is 1. The minimum absolute atomic E-state index is 0.148. The van der Waals surface area contributed by atoms with E-state index in [0.717, 1.165) is 45.8 Å².